The molecule has 0 saturated heterocycles. The average molecular weight is 174 g/mol. The second-order valence-corrected chi connectivity index (χ2v) is 3.65. The van der Waals surface area contributed by atoms with Gasteiger partial charge in [-0.25, -0.2) is 0 Å². The number of rotatable bonds is 6. The molecule has 0 aromatic heterocycles. The van der Waals surface area contributed by atoms with Crippen LogP contribution >= 0.6 is 12.6 Å². The molecule has 0 radical (unpaired) electrons. The number of hydrogen-bond acceptors (Lipinski definition) is 1. The van der Waals surface area contributed by atoms with Crippen molar-refractivity contribution in [1.82, 2.24) is 0 Å². The molecular weight excluding hydrogens is 156 g/mol. The monoisotopic (exact) mass is 174 g/mol. The van der Waals surface area contributed by atoms with Crippen LogP contribution in [0.25, 0.3) is 0 Å². The Kier molecular flexibility index (Phi) is 6.73. The van der Waals surface area contributed by atoms with Gasteiger partial charge in [-0.3, -0.25) is 4.79 Å². The summed E-state index contributed by atoms with van der Waals surface area (Å²) in [6, 6.07) is 0. The maximum absolute atomic E-state index is 10.4. The highest BCUT2D eigenvalue weighted by atomic mass is 32.1. The quantitative estimate of drug-likeness (QED) is 0.484. The van der Waals surface area contributed by atoms with Gasteiger partial charge in [-0.2, -0.15) is 0 Å². The molecule has 0 aromatic carbocycles. The summed E-state index contributed by atoms with van der Waals surface area (Å²) in [4.78, 5) is 10.4. The first kappa shape index (κ1) is 11.0. The van der Waals surface area contributed by atoms with Crippen LogP contribution in [-0.2, 0) is 4.79 Å². The van der Waals surface area contributed by atoms with Gasteiger partial charge >= 0.3 is 0 Å². The molecule has 2 heteroatoms. The highest BCUT2D eigenvalue weighted by molar-refractivity contribution is 7.96. The fourth-order valence-electron chi connectivity index (χ4n) is 0.973. The zero-order valence-electron chi connectivity index (χ0n) is 7.47. The lowest BCUT2D eigenvalue weighted by Crippen LogP contribution is -1.93. The molecule has 0 aliphatic rings. The second-order valence-electron chi connectivity index (χ2n) is 3.15. The van der Waals surface area contributed by atoms with Crippen molar-refractivity contribution in [2.24, 2.45) is 5.92 Å². The predicted octanol–water partition coefficient (Wildman–Crippen LogP) is 3.05. The Balaban J connectivity index is 3.08. The normalized spacial score (nSPS) is 13.0. The van der Waals surface area contributed by atoms with Crippen LogP contribution in [0.3, 0.4) is 0 Å². The minimum Gasteiger partial charge on any atom is -0.288 e. The average Bonchev–Trinajstić information content (AvgIpc) is 1.97. The van der Waals surface area contributed by atoms with Crippen LogP contribution in [0.15, 0.2) is 0 Å². The van der Waals surface area contributed by atoms with Crippen molar-refractivity contribution in [3.05, 3.63) is 0 Å². The van der Waals surface area contributed by atoms with Crippen LogP contribution < -0.4 is 0 Å². The lowest BCUT2D eigenvalue weighted by molar-refractivity contribution is -0.110. The van der Waals surface area contributed by atoms with E-state index in [1.165, 1.54) is 19.3 Å². The minimum atomic E-state index is 0.0224. The van der Waals surface area contributed by atoms with Crippen molar-refractivity contribution in [2.75, 3.05) is 0 Å². The summed E-state index contributed by atoms with van der Waals surface area (Å²) in [6.07, 6.45) is 5.31. The van der Waals surface area contributed by atoms with E-state index in [1.807, 2.05) is 0 Å². The van der Waals surface area contributed by atoms with Gasteiger partial charge in [0.1, 0.15) is 0 Å². The molecule has 0 aliphatic heterocycles. The van der Waals surface area contributed by atoms with Gasteiger partial charge in [-0.1, -0.05) is 33.1 Å². The first-order valence-electron chi connectivity index (χ1n) is 4.38. The van der Waals surface area contributed by atoms with E-state index in [9.17, 15) is 4.79 Å². The van der Waals surface area contributed by atoms with Gasteiger partial charge in [0.05, 0.1) is 0 Å². The second kappa shape index (κ2) is 6.71. The SMILES string of the molecule is CCC(C)CCCCC(=O)S. The maximum Gasteiger partial charge on any atom is 0.185 e. The molecule has 0 N–H and O–H groups in total. The van der Waals surface area contributed by atoms with E-state index in [0.29, 0.717) is 6.42 Å². The third kappa shape index (κ3) is 7.92. The van der Waals surface area contributed by atoms with Gasteiger partial charge in [0, 0.05) is 6.42 Å². The zero-order valence-corrected chi connectivity index (χ0v) is 8.36. The van der Waals surface area contributed by atoms with Crippen molar-refractivity contribution < 1.29 is 4.79 Å². The van der Waals surface area contributed by atoms with Crippen molar-refractivity contribution in [3.63, 3.8) is 0 Å². The van der Waals surface area contributed by atoms with Crippen molar-refractivity contribution >= 4 is 17.7 Å². The van der Waals surface area contributed by atoms with Crippen LogP contribution in [0.2, 0.25) is 0 Å². The summed E-state index contributed by atoms with van der Waals surface area (Å²) < 4.78 is 0. The van der Waals surface area contributed by atoms with E-state index in [2.05, 4.69) is 26.5 Å². The smallest absolute Gasteiger partial charge is 0.185 e. The molecule has 66 valence electrons. The Labute approximate surface area is 75.0 Å². The summed E-state index contributed by atoms with van der Waals surface area (Å²) >= 11 is 3.71. The summed E-state index contributed by atoms with van der Waals surface area (Å²) in [5, 5.41) is 0.0224. The van der Waals surface area contributed by atoms with Gasteiger partial charge in [-0.05, 0) is 12.3 Å². The molecule has 11 heavy (non-hydrogen) atoms. The molecule has 0 aliphatic carbocycles. The topological polar surface area (TPSA) is 17.1 Å². The number of hydrogen-bond donors (Lipinski definition) is 1. The molecule has 0 saturated carbocycles. The van der Waals surface area contributed by atoms with E-state index in [1.54, 1.807) is 0 Å². The fraction of sp³-hybridized carbons (Fsp3) is 0.889. The van der Waals surface area contributed by atoms with E-state index in [-0.39, 0.29) is 5.12 Å². The van der Waals surface area contributed by atoms with E-state index in [0.717, 1.165) is 12.3 Å². The van der Waals surface area contributed by atoms with Crippen molar-refractivity contribution in [1.29, 1.82) is 0 Å². The van der Waals surface area contributed by atoms with Gasteiger partial charge in [-0.15, -0.1) is 12.6 Å². The molecule has 0 aromatic rings. The van der Waals surface area contributed by atoms with Gasteiger partial charge in [0.25, 0.3) is 0 Å². The van der Waals surface area contributed by atoms with Gasteiger partial charge < -0.3 is 0 Å². The molecule has 1 atom stereocenters. The number of carbonyl (C=O) groups excluding carboxylic acids is 1. The van der Waals surface area contributed by atoms with E-state index < -0.39 is 0 Å². The third-order valence-electron chi connectivity index (χ3n) is 2.03. The predicted molar refractivity (Wildman–Crippen MR) is 51.9 cm³/mol. The Morgan fingerprint density at radius 2 is 2.09 bits per heavy atom. The maximum atomic E-state index is 10.4. The van der Waals surface area contributed by atoms with E-state index in [4.69, 9.17) is 0 Å². The van der Waals surface area contributed by atoms with Crippen molar-refractivity contribution in [2.45, 2.75) is 46.0 Å². The number of carbonyl (C=O) groups is 1. The highest BCUT2D eigenvalue weighted by Gasteiger charge is 1.99. The Morgan fingerprint density at radius 3 is 2.55 bits per heavy atom. The molecular formula is C9H18OS. The number of thiol groups is 1. The molecule has 0 heterocycles. The van der Waals surface area contributed by atoms with Gasteiger partial charge in [0.2, 0.25) is 0 Å². The zero-order chi connectivity index (χ0) is 8.69. The Bertz CT molecular complexity index is 112. The first-order chi connectivity index (χ1) is 5.16. The molecule has 1 unspecified atom stereocenters. The van der Waals surface area contributed by atoms with Crippen LogP contribution in [0.5, 0.6) is 0 Å². The van der Waals surface area contributed by atoms with Crippen LogP contribution in [0, 0.1) is 5.92 Å². The summed E-state index contributed by atoms with van der Waals surface area (Å²) in [5.41, 5.74) is 0. The molecule has 1 nitrogen and oxygen atoms in total. The minimum absolute atomic E-state index is 0.0224. The third-order valence-corrected chi connectivity index (χ3v) is 2.26. The first-order valence-corrected chi connectivity index (χ1v) is 4.83. The largest absolute Gasteiger partial charge is 0.288 e. The Hall–Kier alpha value is 0.0200. The van der Waals surface area contributed by atoms with Gasteiger partial charge in [0.15, 0.2) is 5.12 Å². The summed E-state index contributed by atoms with van der Waals surface area (Å²) in [7, 11) is 0. The molecule has 0 amide bonds. The van der Waals surface area contributed by atoms with Crippen LogP contribution in [0.1, 0.15) is 46.0 Å². The fourth-order valence-corrected chi connectivity index (χ4v) is 1.13. The summed E-state index contributed by atoms with van der Waals surface area (Å²) in [5.74, 6) is 0.810. The van der Waals surface area contributed by atoms with Crippen molar-refractivity contribution in [3.8, 4) is 0 Å². The molecule has 0 bridgehead atoms. The van der Waals surface area contributed by atoms with Crippen LogP contribution in [0.4, 0.5) is 0 Å². The standard InChI is InChI=1S/C9H18OS/c1-3-8(2)6-4-5-7-9(10)11/h8H,3-7H2,1-2H3,(H,10,11). The molecule has 0 fully saturated rings. The highest BCUT2D eigenvalue weighted by Crippen LogP contribution is 2.12. The molecule has 0 spiro atoms. The Morgan fingerprint density at radius 1 is 1.45 bits per heavy atom. The van der Waals surface area contributed by atoms with E-state index >= 15 is 0 Å². The number of unbranched alkanes of at least 4 members (excludes halogenated alkanes) is 1. The molecule has 0 rings (SSSR count). The summed E-state index contributed by atoms with van der Waals surface area (Å²) in [6.45, 7) is 4.46. The lowest BCUT2D eigenvalue weighted by Gasteiger charge is -2.05. The lowest BCUT2D eigenvalue weighted by atomic mass is 10.0. The van der Waals surface area contributed by atoms with Crippen LogP contribution in [-0.4, -0.2) is 5.12 Å².